The third-order valence-corrected chi connectivity index (χ3v) is 2.38. The highest BCUT2D eigenvalue weighted by Crippen LogP contribution is 2.32. The van der Waals surface area contributed by atoms with Gasteiger partial charge in [-0.15, -0.1) is 0 Å². The van der Waals surface area contributed by atoms with Gasteiger partial charge in [0.2, 0.25) is 12.2 Å². The summed E-state index contributed by atoms with van der Waals surface area (Å²) in [6, 6.07) is 0. The second kappa shape index (κ2) is 4.05. The number of fused-ring (bicyclic) bond motifs is 1. The lowest BCUT2D eigenvalue weighted by atomic mass is 10.1. The summed E-state index contributed by atoms with van der Waals surface area (Å²) in [6.07, 6.45) is -7.82. The van der Waals surface area contributed by atoms with Crippen molar-refractivity contribution in [2.24, 2.45) is 11.5 Å². The van der Waals surface area contributed by atoms with Gasteiger partial charge in [-0.05, 0) is 0 Å². The van der Waals surface area contributed by atoms with Crippen molar-refractivity contribution >= 4 is 24.1 Å². The Bertz CT molecular complexity index is 395. The molecule has 2 aliphatic heterocycles. The minimum atomic E-state index is -1.47. The van der Waals surface area contributed by atoms with Crippen molar-refractivity contribution in [3.05, 3.63) is 0 Å². The number of carbonyl (C=O) groups is 4. The molecule has 98 valence electrons. The summed E-state index contributed by atoms with van der Waals surface area (Å²) < 4.78 is 18.4. The molecule has 0 radical (unpaired) electrons. The van der Waals surface area contributed by atoms with E-state index < -0.39 is 48.5 Å². The van der Waals surface area contributed by atoms with Gasteiger partial charge in [0.1, 0.15) is 0 Å². The second-order valence-corrected chi connectivity index (χ2v) is 3.52. The van der Waals surface area contributed by atoms with Crippen LogP contribution in [0.4, 0.5) is 9.59 Å². The Labute approximate surface area is 99.1 Å². The van der Waals surface area contributed by atoms with E-state index in [1.807, 2.05) is 0 Å². The number of hydrogen-bond donors (Lipinski definition) is 2. The Hall–Kier alpha value is -2.52. The normalized spacial score (nSPS) is 33.3. The summed E-state index contributed by atoms with van der Waals surface area (Å²) in [7, 11) is 0. The minimum absolute atomic E-state index is 0.950. The molecule has 2 saturated heterocycles. The van der Waals surface area contributed by atoms with Crippen LogP contribution in [0.2, 0.25) is 0 Å². The molecule has 2 aliphatic rings. The van der Waals surface area contributed by atoms with Crippen molar-refractivity contribution < 1.29 is 38.1 Å². The Morgan fingerprint density at radius 2 is 1.22 bits per heavy atom. The van der Waals surface area contributed by atoms with Crippen LogP contribution < -0.4 is 11.5 Å². The molecule has 2 amide bonds. The fourth-order valence-electron chi connectivity index (χ4n) is 1.75. The SMILES string of the molecule is NC(=O)O[C@@H]1C(=O)OC2C1OC(=O)[C@@H]2OC(N)=O. The van der Waals surface area contributed by atoms with Crippen LogP contribution in [0, 0.1) is 0 Å². The third kappa shape index (κ3) is 1.87. The number of amides is 2. The number of nitrogens with two attached hydrogens (primary N) is 2. The average molecular weight is 260 g/mol. The number of primary amides is 2. The molecule has 0 aromatic heterocycles. The predicted octanol–water partition coefficient (Wildman–Crippen LogP) is -2.23. The zero-order valence-corrected chi connectivity index (χ0v) is 8.73. The van der Waals surface area contributed by atoms with E-state index in [9.17, 15) is 19.2 Å². The maximum absolute atomic E-state index is 11.3. The van der Waals surface area contributed by atoms with Gasteiger partial charge in [0.15, 0.2) is 12.2 Å². The molecule has 0 aromatic carbocycles. The quantitative estimate of drug-likeness (QED) is 0.416. The van der Waals surface area contributed by atoms with E-state index in [1.165, 1.54) is 0 Å². The molecule has 2 heterocycles. The van der Waals surface area contributed by atoms with Crippen LogP contribution in [0.1, 0.15) is 0 Å². The lowest BCUT2D eigenvalue weighted by Crippen LogP contribution is -2.38. The summed E-state index contributed by atoms with van der Waals surface area (Å²) in [4.78, 5) is 43.8. The molecule has 10 heteroatoms. The fraction of sp³-hybridized carbons (Fsp3) is 0.500. The molecule has 0 aromatic rings. The predicted molar refractivity (Wildman–Crippen MR) is 48.7 cm³/mol. The molecule has 0 aliphatic carbocycles. The molecule has 18 heavy (non-hydrogen) atoms. The van der Waals surface area contributed by atoms with E-state index in [1.54, 1.807) is 0 Å². The van der Waals surface area contributed by atoms with Crippen molar-refractivity contribution in [1.82, 2.24) is 0 Å². The Morgan fingerprint density at radius 3 is 1.50 bits per heavy atom. The van der Waals surface area contributed by atoms with Gasteiger partial charge in [0.25, 0.3) is 0 Å². The third-order valence-electron chi connectivity index (χ3n) is 2.38. The van der Waals surface area contributed by atoms with Gasteiger partial charge in [-0.1, -0.05) is 0 Å². The van der Waals surface area contributed by atoms with E-state index in [2.05, 4.69) is 9.47 Å². The summed E-state index contributed by atoms with van der Waals surface area (Å²) in [5.74, 6) is -1.90. The van der Waals surface area contributed by atoms with Crippen LogP contribution in [0.3, 0.4) is 0 Å². The van der Waals surface area contributed by atoms with Crippen molar-refractivity contribution in [3.8, 4) is 0 Å². The lowest BCUT2D eigenvalue weighted by Gasteiger charge is -2.11. The van der Waals surface area contributed by atoms with Crippen LogP contribution in [-0.2, 0) is 28.5 Å². The Kier molecular flexibility index (Phi) is 2.69. The van der Waals surface area contributed by atoms with Crippen LogP contribution in [0.25, 0.3) is 0 Å². The van der Waals surface area contributed by atoms with Crippen LogP contribution >= 0.6 is 0 Å². The zero-order chi connectivity index (χ0) is 13.4. The molecule has 0 saturated carbocycles. The highest BCUT2D eigenvalue weighted by Gasteiger charge is 2.61. The van der Waals surface area contributed by atoms with Gasteiger partial charge in [0.05, 0.1) is 0 Å². The first-order valence-corrected chi connectivity index (χ1v) is 4.73. The molecule has 4 atom stereocenters. The number of hydrogen-bond acceptors (Lipinski definition) is 8. The fourth-order valence-corrected chi connectivity index (χ4v) is 1.75. The van der Waals surface area contributed by atoms with Gasteiger partial charge >= 0.3 is 24.1 Å². The molecule has 2 rings (SSSR count). The first-order chi connectivity index (χ1) is 8.40. The van der Waals surface area contributed by atoms with Crippen molar-refractivity contribution in [1.29, 1.82) is 0 Å². The first-order valence-electron chi connectivity index (χ1n) is 4.73. The van der Waals surface area contributed by atoms with Crippen molar-refractivity contribution in [2.45, 2.75) is 24.4 Å². The topological polar surface area (TPSA) is 157 Å². The van der Waals surface area contributed by atoms with Gasteiger partial charge in [-0.3, -0.25) is 0 Å². The minimum Gasteiger partial charge on any atom is -0.451 e. The number of rotatable bonds is 2. The van der Waals surface area contributed by atoms with E-state index in [-0.39, 0.29) is 0 Å². The summed E-state index contributed by atoms with van der Waals surface area (Å²) in [5.41, 5.74) is 9.51. The summed E-state index contributed by atoms with van der Waals surface area (Å²) >= 11 is 0. The maximum Gasteiger partial charge on any atom is 0.405 e. The van der Waals surface area contributed by atoms with Crippen molar-refractivity contribution in [2.75, 3.05) is 0 Å². The van der Waals surface area contributed by atoms with Gasteiger partial charge in [0, 0.05) is 0 Å². The lowest BCUT2D eigenvalue weighted by molar-refractivity contribution is -0.159. The van der Waals surface area contributed by atoms with E-state index in [4.69, 9.17) is 20.9 Å². The monoisotopic (exact) mass is 260 g/mol. The van der Waals surface area contributed by atoms with Crippen molar-refractivity contribution in [3.63, 3.8) is 0 Å². The average Bonchev–Trinajstić information content (AvgIpc) is 2.67. The van der Waals surface area contributed by atoms with E-state index in [0.717, 1.165) is 0 Å². The van der Waals surface area contributed by atoms with Crippen LogP contribution in [0.5, 0.6) is 0 Å². The van der Waals surface area contributed by atoms with Crippen LogP contribution in [0.15, 0.2) is 0 Å². The molecule has 0 spiro atoms. The van der Waals surface area contributed by atoms with Gasteiger partial charge in [-0.25, -0.2) is 19.2 Å². The van der Waals surface area contributed by atoms with Crippen LogP contribution in [-0.4, -0.2) is 48.5 Å². The van der Waals surface area contributed by atoms with Gasteiger partial charge < -0.3 is 30.4 Å². The van der Waals surface area contributed by atoms with E-state index >= 15 is 0 Å². The highest BCUT2D eigenvalue weighted by atomic mass is 16.7. The first kappa shape index (κ1) is 12.0. The molecule has 10 nitrogen and oxygen atoms in total. The van der Waals surface area contributed by atoms with E-state index in [0.29, 0.717) is 0 Å². The smallest absolute Gasteiger partial charge is 0.405 e. The summed E-state index contributed by atoms with van der Waals surface area (Å²) in [6.45, 7) is 0. The zero-order valence-electron chi connectivity index (χ0n) is 8.73. The standard InChI is InChI=1S/C8H8N2O8/c9-7(13)17-3-1-2(16-5(3)11)4(6(12)15-1)18-8(10)14/h1-4H,(H2,9,13)(H2,10,14)/t1?,2?,3-,4+. The molecule has 2 fully saturated rings. The van der Waals surface area contributed by atoms with Gasteiger partial charge in [-0.2, -0.15) is 0 Å². The highest BCUT2D eigenvalue weighted by molar-refractivity contribution is 5.88. The second-order valence-electron chi connectivity index (χ2n) is 3.52. The number of esters is 2. The molecule has 4 N–H and O–H groups in total. The molecular formula is C8H8N2O8. The summed E-state index contributed by atoms with van der Waals surface area (Å²) in [5, 5.41) is 0. The maximum atomic E-state index is 11.3. The molecule has 0 bridgehead atoms. The largest absolute Gasteiger partial charge is 0.451 e. The Morgan fingerprint density at radius 1 is 0.889 bits per heavy atom. The Balaban J connectivity index is 2.16. The number of ether oxygens (including phenoxy) is 4. The number of carbonyl (C=O) groups excluding carboxylic acids is 4. The molecular weight excluding hydrogens is 252 g/mol. The molecule has 2 unspecified atom stereocenters.